The van der Waals surface area contributed by atoms with Gasteiger partial charge in [0.05, 0.1) is 27.8 Å². The molecule has 54 heavy (non-hydrogen) atoms. The van der Waals surface area contributed by atoms with Crippen LogP contribution in [0.3, 0.4) is 0 Å². The summed E-state index contributed by atoms with van der Waals surface area (Å²) >= 11 is 0. The first-order valence-electron chi connectivity index (χ1n) is 18.3. The minimum absolute atomic E-state index is 0.699. The van der Waals surface area contributed by atoms with Crippen molar-refractivity contribution in [2.24, 2.45) is 0 Å². The van der Waals surface area contributed by atoms with Crippen molar-refractivity contribution >= 4 is 54.4 Å². The molecule has 0 atom stereocenters. The summed E-state index contributed by atoms with van der Waals surface area (Å²) in [4.78, 5) is 10.3. The molecule has 11 aromatic rings. The minimum atomic E-state index is 0.699. The molecule has 0 amide bonds. The second-order valence-corrected chi connectivity index (χ2v) is 13.9. The molecule has 3 heterocycles. The predicted octanol–water partition coefficient (Wildman–Crippen LogP) is 12.8. The molecule has 4 nitrogen and oxygen atoms in total. The Bertz CT molecular complexity index is 3150. The number of aromatic nitrogens is 4. The van der Waals surface area contributed by atoms with Gasteiger partial charge >= 0.3 is 0 Å². The van der Waals surface area contributed by atoms with Gasteiger partial charge in [-0.15, -0.1) is 0 Å². The van der Waals surface area contributed by atoms with Crippen LogP contribution < -0.4 is 0 Å². The molecule has 0 aliphatic heterocycles. The van der Waals surface area contributed by atoms with Gasteiger partial charge in [0, 0.05) is 44.4 Å². The van der Waals surface area contributed by atoms with Gasteiger partial charge < -0.3 is 4.57 Å². The fourth-order valence-electron chi connectivity index (χ4n) is 8.17. The first kappa shape index (κ1) is 30.3. The van der Waals surface area contributed by atoms with Crippen molar-refractivity contribution in [2.75, 3.05) is 0 Å². The Morgan fingerprint density at radius 2 is 0.907 bits per heavy atom. The first-order valence-corrected chi connectivity index (χ1v) is 18.3. The number of benzene rings is 8. The van der Waals surface area contributed by atoms with E-state index in [2.05, 4.69) is 179 Å². The average Bonchev–Trinajstić information content (AvgIpc) is 3.76. The molecule has 11 rings (SSSR count). The monoisotopic (exact) mass is 688 g/mol. The van der Waals surface area contributed by atoms with Crippen LogP contribution in [0.15, 0.2) is 194 Å². The molecule has 0 spiro atoms. The molecule has 0 saturated heterocycles. The zero-order chi connectivity index (χ0) is 35.6. The van der Waals surface area contributed by atoms with Gasteiger partial charge in [0.25, 0.3) is 0 Å². The van der Waals surface area contributed by atoms with Gasteiger partial charge in [-0.2, -0.15) is 0 Å². The van der Waals surface area contributed by atoms with Gasteiger partial charge in [-0.25, -0.2) is 9.97 Å². The van der Waals surface area contributed by atoms with E-state index in [1.54, 1.807) is 0 Å². The third-order valence-electron chi connectivity index (χ3n) is 10.7. The first-order chi connectivity index (χ1) is 26.8. The highest BCUT2D eigenvalue weighted by atomic mass is 15.1. The summed E-state index contributed by atoms with van der Waals surface area (Å²) in [5, 5.41) is 7.33. The van der Waals surface area contributed by atoms with E-state index in [1.807, 2.05) is 24.3 Å². The summed E-state index contributed by atoms with van der Waals surface area (Å²) in [6.07, 6.45) is 0. The summed E-state index contributed by atoms with van der Waals surface area (Å²) in [5.74, 6) is 1.53. The van der Waals surface area contributed by atoms with E-state index in [-0.39, 0.29) is 0 Å². The number of fused-ring (bicyclic) bond motifs is 7. The molecule has 0 saturated carbocycles. The third kappa shape index (κ3) is 4.85. The SMILES string of the molecule is c1ccc(-c2cc(-n3c4ccccc4c4cc(-c5ccc6c7ccccc7n(-c7ccc8ccccc8c7)c6c5)ccc43)nc(-c3ccccc3)n2)cc1. The second-order valence-electron chi connectivity index (χ2n) is 13.9. The predicted molar refractivity (Wildman–Crippen MR) is 225 cm³/mol. The summed E-state index contributed by atoms with van der Waals surface area (Å²) in [6.45, 7) is 0. The van der Waals surface area contributed by atoms with Crippen LogP contribution in [-0.2, 0) is 0 Å². The van der Waals surface area contributed by atoms with Crippen LogP contribution in [-0.4, -0.2) is 19.1 Å². The fraction of sp³-hybridized carbons (Fsp3) is 0. The Labute approximate surface area is 311 Å². The molecule has 4 heteroatoms. The molecule has 3 aromatic heterocycles. The van der Waals surface area contributed by atoms with E-state index in [4.69, 9.17) is 9.97 Å². The number of para-hydroxylation sites is 2. The Morgan fingerprint density at radius 3 is 1.70 bits per heavy atom. The van der Waals surface area contributed by atoms with E-state index >= 15 is 0 Å². The largest absolute Gasteiger partial charge is 0.309 e. The van der Waals surface area contributed by atoms with E-state index in [0.29, 0.717) is 5.82 Å². The van der Waals surface area contributed by atoms with Crippen LogP contribution in [0.5, 0.6) is 0 Å². The smallest absolute Gasteiger partial charge is 0.162 e. The van der Waals surface area contributed by atoms with Gasteiger partial charge in [0.1, 0.15) is 5.82 Å². The van der Waals surface area contributed by atoms with Crippen LogP contribution in [0, 0.1) is 0 Å². The highest BCUT2D eigenvalue weighted by Crippen LogP contribution is 2.39. The summed E-state index contributed by atoms with van der Waals surface area (Å²) in [7, 11) is 0. The topological polar surface area (TPSA) is 35.6 Å². The number of hydrogen-bond donors (Lipinski definition) is 0. The van der Waals surface area contributed by atoms with Crippen molar-refractivity contribution < 1.29 is 0 Å². The Morgan fingerprint density at radius 1 is 0.315 bits per heavy atom. The standard InChI is InChI=1S/C50H32N4/c1-3-14-34(15-4-1)44-32-49(52-50(51-44)35-16-5-2-6-17-35)54-46-22-12-10-20-41(46)43-30-37(25-28-47(43)54)38-24-27-42-40-19-9-11-21-45(40)53(48(42)31-38)39-26-23-33-13-7-8-18-36(33)29-39/h1-32H. The third-order valence-corrected chi connectivity index (χ3v) is 10.7. The minimum Gasteiger partial charge on any atom is -0.309 e. The molecule has 0 aliphatic rings. The van der Waals surface area contributed by atoms with Crippen LogP contribution in [0.2, 0.25) is 0 Å². The van der Waals surface area contributed by atoms with Gasteiger partial charge in [0.2, 0.25) is 0 Å². The zero-order valence-corrected chi connectivity index (χ0v) is 29.3. The second kappa shape index (κ2) is 12.1. The van der Waals surface area contributed by atoms with Gasteiger partial charge in [-0.1, -0.05) is 146 Å². The molecule has 0 unspecified atom stereocenters. The molecule has 0 aliphatic carbocycles. The average molecular weight is 689 g/mol. The van der Waals surface area contributed by atoms with Gasteiger partial charge in [-0.3, -0.25) is 4.57 Å². The maximum Gasteiger partial charge on any atom is 0.162 e. The number of hydrogen-bond acceptors (Lipinski definition) is 2. The Hall–Kier alpha value is -7.30. The van der Waals surface area contributed by atoms with Crippen molar-refractivity contribution in [3.63, 3.8) is 0 Å². The zero-order valence-electron chi connectivity index (χ0n) is 29.3. The van der Waals surface area contributed by atoms with Crippen molar-refractivity contribution in [1.29, 1.82) is 0 Å². The number of nitrogens with zero attached hydrogens (tertiary/aromatic N) is 4. The molecular formula is C50H32N4. The maximum atomic E-state index is 5.21. The summed E-state index contributed by atoms with van der Waals surface area (Å²) < 4.78 is 4.70. The van der Waals surface area contributed by atoms with Crippen LogP contribution in [0.1, 0.15) is 0 Å². The van der Waals surface area contributed by atoms with E-state index in [1.165, 1.54) is 54.5 Å². The van der Waals surface area contributed by atoms with E-state index < -0.39 is 0 Å². The van der Waals surface area contributed by atoms with Crippen LogP contribution in [0.4, 0.5) is 0 Å². The lowest BCUT2D eigenvalue weighted by Gasteiger charge is -2.12. The highest BCUT2D eigenvalue weighted by Gasteiger charge is 2.18. The molecule has 0 radical (unpaired) electrons. The molecule has 8 aromatic carbocycles. The summed E-state index contributed by atoms with van der Waals surface area (Å²) in [5.41, 5.74) is 11.0. The normalized spacial score (nSPS) is 11.7. The van der Waals surface area contributed by atoms with Crippen LogP contribution in [0.25, 0.3) is 99.7 Å². The lowest BCUT2D eigenvalue weighted by molar-refractivity contribution is 1.05. The van der Waals surface area contributed by atoms with Crippen LogP contribution >= 0.6 is 0 Å². The fourth-order valence-corrected chi connectivity index (χ4v) is 8.17. The maximum absolute atomic E-state index is 5.21. The highest BCUT2D eigenvalue weighted by molar-refractivity contribution is 6.12. The number of rotatable bonds is 5. The van der Waals surface area contributed by atoms with E-state index in [0.717, 1.165) is 39.4 Å². The molecule has 0 fully saturated rings. The van der Waals surface area contributed by atoms with Crippen molar-refractivity contribution in [3.8, 4) is 45.3 Å². The van der Waals surface area contributed by atoms with E-state index in [9.17, 15) is 0 Å². The quantitative estimate of drug-likeness (QED) is 0.180. The molecule has 252 valence electrons. The molecule has 0 N–H and O–H groups in total. The van der Waals surface area contributed by atoms with Crippen molar-refractivity contribution in [1.82, 2.24) is 19.1 Å². The van der Waals surface area contributed by atoms with Gasteiger partial charge in [0.15, 0.2) is 5.82 Å². The molecule has 0 bridgehead atoms. The molecular weight excluding hydrogens is 657 g/mol. The van der Waals surface area contributed by atoms with Gasteiger partial charge in [-0.05, 0) is 64.4 Å². The Kier molecular flexibility index (Phi) is 6.82. The lowest BCUT2D eigenvalue weighted by Crippen LogP contribution is -2.02. The lowest BCUT2D eigenvalue weighted by atomic mass is 10.0. The van der Waals surface area contributed by atoms with Crippen molar-refractivity contribution in [2.45, 2.75) is 0 Å². The van der Waals surface area contributed by atoms with Crippen molar-refractivity contribution in [3.05, 3.63) is 194 Å². The Balaban J connectivity index is 1.11. The summed E-state index contributed by atoms with van der Waals surface area (Å²) in [6, 6.07) is 69.2.